The maximum atomic E-state index is 13.1. The molecular formula is C22H23ClFNO6S. The molecule has 0 aliphatic carbocycles. The van der Waals surface area contributed by atoms with E-state index in [1.165, 1.54) is 28.6 Å². The molecule has 0 radical (unpaired) electrons. The number of hydrogen-bond donors (Lipinski definition) is 0. The summed E-state index contributed by atoms with van der Waals surface area (Å²) in [7, 11) is -3.73. The number of benzene rings is 2. The Labute approximate surface area is 191 Å². The van der Waals surface area contributed by atoms with Crippen LogP contribution in [-0.2, 0) is 26.2 Å². The Bertz CT molecular complexity index is 1100. The Morgan fingerprint density at radius 3 is 2.53 bits per heavy atom. The smallest absolute Gasteiger partial charge is 0.309 e. The first-order valence-electron chi connectivity index (χ1n) is 10.3. The Morgan fingerprint density at radius 1 is 1.09 bits per heavy atom. The van der Waals surface area contributed by atoms with Crippen molar-refractivity contribution in [3.05, 3.63) is 52.8 Å². The van der Waals surface area contributed by atoms with Gasteiger partial charge in [-0.2, -0.15) is 4.31 Å². The molecule has 2 aliphatic rings. The van der Waals surface area contributed by atoms with Crippen LogP contribution in [-0.4, -0.2) is 45.0 Å². The lowest BCUT2D eigenvalue weighted by Crippen LogP contribution is -2.40. The summed E-state index contributed by atoms with van der Waals surface area (Å²) in [5.74, 6) is -0.347. The first-order chi connectivity index (χ1) is 15.3. The summed E-state index contributed by atoms with van der Waals surface area (Å²) in [6.07, 6.45) is 1.42. The van der Waals surface area contributed by atoms with Crippen molar-refractivity contribution in [2.45, 2.75) is 30.8 Å². The van der Waals surface area contributed by atoms with Gasteiger partial charge in [-0.3, -0.25) is 4.79 Å². The monoisotopic (exact) mass is 483 g/mol. The van der Waals surface area contributed by atoms with Crippen molar-refractivity contribution < 1.29 is 31.8 Å². The summed E-state index contributed by atoms with van der Waals surface area (Å²) in [6, 6.07) is 8.48. The van der Waals surface area contributed by atoms with Gasteiger partial charge < -0.3 is 14.2 Å². The highest BCUT2D eigenvalue weighted by molar-refractivity contribution is 7.89. The number of piperidine rings is 1. The molecule has 4 rings (SSSR count). The third-order valence-electron chi connectivity index (χ3n) is 5.53. The second kappa shape index (κ2) is 9.64. The van der Waals surface area contributed by atoms with Crippen molar-refractivity contribution in [3.8, 4) is 11.5 Å². The SMILES string of the molecule is O=C(OCc1ccc(F)cc1Cl)C1CCN(S(=O)(=O)c2ccc3c(c2)OCCCO3)CC1. The number of halogens is 2. The van der Waals surface area contributed by atoms with Gasteiger partial charge in [0.2, 0.25) is 10.0 Å². The molecular weight excluding hydrogens is 461 g/mol. The van der Waals surface area contributed by atoms with Crippen molar-refractivity contribution in [1.29, 1.82) is 0 Å². The van der Waals surface area contributed by atoms with Gasteiger partial charge in [0.05, 0.1) is 29.0 Å². The zero-order valence-electron chi connectivity index (χ0n) is 17.3. The van der Waals surface area contributed by atoms with Crippen LogP contribution < -0.4 is 9.47 Å². The highest BCUT2D eigenvalue weighted by Crippen LogP contribution is 2.34. The largest absolute Gasteiger partial charge is 0.490 e. The number of fused-ring (bicyclic) bond motifs is 1. The first-order valence-corrected chi connectivity index (χ1v) is 12.2. The minimum absolute atomic E-state index is 0.0618. The number of carbonyl (C=O) groups excluding carboxylic acids is 1. The van der Waals surface area contributed by atoms with Crippen LogP contribution in [0, 0.1) is 11.7 Å². The first kappa shape index (κ1) is 22.8. The molecule has 2 aromatic rings. The third-order valence-corrected chi connectivity index (χ3v) is 7.78. The minimum Gasteiger partial charge on any atom is -0.490 e. The number of esters is 1. The number of rotatable bonds is 5. The summed E-state index contributed by atoms with van der Waals surface area (Å²) < 4.78 is 57.1. The topological polar surface area (TPSA) is 82.1 Å². The average Bonchev–Trinajstić information content (AvgIpc) is 3.03. The fourth-order valence-corrected chi connectivity index (χ4v) is 5.40. The molecule has 0 amide bonds. The van der Waals surface area contributed by atoms with Gasteiger partial charge in [-0.05, 0) is 37.1 Å². The highest BCUT2D eigenvalue weighted by atomic mass is 35.5. The quantitative estimate of drug-likeness (QED) is 0.602. The molecule has 0 atom stereocenters. The summed E-state index contributed by atoms with van der Waals surface area (Å²) in [5.41, 5.74) is 0.510. The minimum atomic E-state index is -3.73. The summed E-state index contributed by atoms with van der Waals surface area (Å²) in [5, 5.41) is 0.189. The molecule has 2 heterocycles. The molecule has 172 valence electrons. The Balaban J connectivity index is 1.35. The van der Waals surface area contributed by atoms with E-state index in [1.807, 2.05) is 0 Å². The van der Waals surface area contributed by atoms with Crippen LogP contribution in [0.5, 0.6) is 11.5 Å². The number of ether oxygens (including phenoxy) is 3. The number of carbonyl (C=O) groups is 1. The maximum Gasteiger partial charge on any atom is 0.309 e. The summed E-state index contributed by atoms with van der Waals surface area (Å²) in [6.45, 7) is 1.33. The van der Waals surface area contributed by atoms with E-state index >= 15 is 0 Å². The number of sulfonamides is 1. The van der Waals surface area contributed by atoms with Gasteiger partial charge in [0, 0.05) is 31.1 Å². The van der Waals surface area contributed by atoms with Crippen LogP contribution >= 0.6 is 11.6 Å². The molecule has 7 nitrogen and oxygen atoms in total. The number of nitrogens with zero attached hydrogens (tertiary/aromatic N) is 1. The molecule has 0 unspecified atom stereocenters. The average molecular weight is 484 g/mol. The molecule has 1 fully saturated rings. The van der Waals surface area contributed by atoms with Crippen molar-refractivity contribution in [3.63, 3.8) is 0 Å². The molecule has 0 saturated carbocycles. The van der Waals surface area contributed by atoms with Crippen LogP contribution in [0.3, 0.4) is 0 Å². The van der Waals surface area contributed by atoms with E-state index in [0.717, 1.165) is 12.5 Å². The van der Waals surface area contributed by atoms with E-state index in [-0.39, 0.29) is 29.6 Å². The maximum absolute atomic E-state index is 13.1. The lowest BCUT2D eigenvalue weighted by Gasteiger charge is -2.30. The van der Waals surface area contributed by atoms with Gasteiger partial charge in [0.15, 0.2) is 11.5 Å². The van der Waals surface area contributed by atoms with E-state index < -0.39 is 27.7 Å². The van der Waals surface area contributed by atoms with Crippen molar-refractivity contribution in [2.24, 2.45) is 5.92 Å². The van der Waals surface area contributed by atoms with Crippen LogP contribution in [0.4, 0.5) is 4.39 Å². The normalized spacial score (nSPS) is 17.6. The van der Waals surface area contributed by atoms with Crippen LogP contribution in [0.1, 0.15) is 24.8 Å². The molecule has 0 bridgehead atoms. The Morgan fingerprint density at radius 2 is 1.81 bits per heavy atom. The molecule has 2 aromatic carbocycles. The molecule has 10 heteroatoms. The summed E-state index contributed by atoms with van der Waals surface area (Å²) in [4.78, 5) is 12.6. The predicted octanol–water partition coefficient (Wildman–Crippen LogP) is 3.78. The fraction of sp³-hybridized carbons (Fsp3) is 0.409. The molecule has 0 N–H and O–H groups in total. The Kier molecular flexibility index (Phi) is 6.88. The van der Waals surface area contributed by atoms with E-state index in [4.69, 9.17) is 25.8 Å². The zero-order valence-corrected chi connectivity index (χ0v) is 18.8. The van der Waals surface area contributed by atoms with Crippen molar-refractivity contribution in [2.75, 3.05) is 26.3 Å². The predicted molar refractivity (Wildman–Crippen MR) is 115 cm³/mol. The van der Waals surface area contributed by atoms with Crippen LogP contribution in [0.25, 0.3) is 0 Å². The van der Waals surface area contributed by atoms with Gasteiger partial charge in [-0.25, -0.2) is 12.8 Å². The van der Waals surface area contributed by atoms with E-state index in [2.05, 4.69) is 0 Å². The molecule has 0 aromatic heterocycles. The van der Waals surface area contributed by atoms with E-state index in [9.17, 15) is 17.6 Å². The molecule has 1 saturated heterocycles. The summed E-state index contributed by atoms with van der Waals surface area (Å²) >= 11 is 5.96. The lowest BCUT2D eigenvalue weighted by atomic mass is 9.98. The molecule has 2 aliphatic heterocycles. The van der Waals surface area contributed by atoms with Gasteiger partial charge >= 0.3 is 5.97 Å². The zero-order chi connectivity index (χ0) is 22.7. The van der Waals surface area contributed by atoms with Crippen LogP contribution in [0.2, 0.25) is 5.02 Å². The van der Waals surface area contributed by atoms with E-state index in [1.54, 1.807) is 6.07 Å². The lowest BCUT2D eigenvalue weighted by molar-refractivity contribution is -0.151. The fourth-order valence-electron chi connectivity index (χ4n) is 3.69. The Hall–Kier alpha value is -2.36. The van der Waals surface area contributed by atoms with Gasteiger partial charge in [-0.15, -0.1) is 0 Å². The second-order valence-electron chi connectivity index (χ2n) is 7.68. The molecule has 0 spiro atoms. The standard InChI is InChI=1S/C22H23ClFNO6S/c23-19-12-17(24)3-2-16(19)14-31-22(26)15-6-8-25(9-7-15)32(27,28)18-4-5-20-21(13-18)30-11-1-10-29-20/h2-5,12-13,15H,1,6-11,14H2. The number of hydrogen-bond acceptors (Lipinski definition) is 6. The third kappa shape index (κ3) is 5.00. The second-order valence-corrected chi connectivity index (χ2v) is 10.0. The van der Waals surface area contributed by atoms with Crippen molar-refractivity contribution >= 4 is 27.6 Å². The van der Waals surface area contributed by atoms with Crippen molar-refractivity contribution in [1.82, 2.24) is 4.31 Å². The van der Waals surface area contributed by atoms with E-state index in [0.29, 0.717) is 43.1 Å². The highest BCUT2D eigenvalue weighted by Gasteiger charge is 2.33. The van der Waals surface area contributed by atoms with Crippen LogP contribution in [0.15, 0.2) is 41.3 Å². The van der Waals surface area contributed by atoms with Gasteiger partial charge in [0.25, 0.3) is 0 Å². The molecule has 32 heavy (non-hydrogen) atoms. The van der Waals surface area contributed by atoms with Gasteiger partial charge in [0.1, 0.15) is 12.4 Å². The van der Waals surface area contributed by atoms with Gasteiger partial charge in [-0.1, -0.05) is 17.7 Å².